The van der Waals surface area contributed by atoms with Gasteiger partial charge < -0.3 is 24.6 Å². The molecule has 5 rings (SSSR count). The van der Waals surface area contributed by atoms with E-state index < -0.39 is 45.2 Å². The van der Waals surface area contributed by atoms with Crippen molar-refractivity contribution in [2.75, 3.05) is 27.4 Å². The largest absolute Gasteiger partial charge is 0.496 e. The van der Waals surface area contributed by atoms with E-state index in [0.717, 1.165) is 38.9 Å². The van der Waals surface area contributed by atoms with Gasteiger partial charge in [-0.05, 0) is 54.0 Å². The van der Waals surface area contributed by atoms with Crippen LogP contribution >= 0.6 is 10.8 Å². The third kappa shape index (κ3) is 7.00. The first-order valence-electron chi connectivity index (χ1n) is 15.0. The maximum absolute atomic E-state index is 14.8. The van der Waals surface area contributed by atoms with E-state index in [9.17, 15) is 32.6 Å². The molecule has 0 spiro atoms. The number of halogens is 2. The van der Waals surface area contributed by atoms with Gasteiger partial charge in [-0.25, -0.2) is 17.5 Å². The molecule has 1 amide bonds. The number of fused-ring (bicyclic) bond motifs is 1. The van der Waals surface area contributed by atoms with Crippen LogP contribution in [0.5, 0.6) is 0 Å². The van der Waals surface area contributed by atoms with Crippen molar-refractivity contribution in [2.45, 2.75) is 36.8 Å². The second-order valence-corrected chi connectivity index (χ2v) is 12.9. The highest BCUT2D eigenvalue weighted by atomic mass is 32.3. The third-order valence-corrected chi connectivity index (χ3v) is 9.86. The molecule has 0 saturated heterocycles. The summed E-state index contributed by atoms with van der Waals surface area (Å²) in [6.07, 6.45) is 2.12. The van der Waals surface area contributed by atoms with E-state index in [1.54, 1.807) is 44.6 Å². The molecule has 0 bridgehead atoms. The Bertz CT molecular complexity index is 1870. The van der Waals surface area contributed by atoms with Crippen molar-refractivity contribution in [3.63, 3.8) is 0 Å². The van der Waals surface area contributed by atoms with Crippen LogP contribution in [0.1, 0.15) is 35.0 Å². The molecule has 0 aliphatic heterocycles. The van der Waals surface area contributed by atoms with Crippen molar-refractivity contribution in [2.24, 2.45) is 0 Å². The van der Waals surface area contributed by atoms with Gasteiger partial charge in [-0.3, -0.25) is 13.9 Å². The SMILES string of the molecule is CCOCC1=CC(OC)=C(c2ccc(CC(NC(=O)c3cc4ccccc4n3S(O)(O)c3c(F)cccc3F)C(=O)O)cc2)C(OC)C1. The Morgan fingerprint density at radius 1 is 1.02 bits per heavy atom. The number of ether oxygens (including phenoxy) is 3. The lowest BCUT2D eigenvalue weighted by Gasteiger charge is -2.36. The zero-order chi connectivity index (χ0) is 34.6. The minimum absolute atomic E-state index is 0.106. The van der Waals surface area contributed by atoms with Crippen LogP contribution in [0.3, 0.4) is 0 Å². The van der Waals surface area contributed by atoms with Crippen molar-refractivity contribution in [1.29, 1.82) is 0 Å². The Hall–Kier alpha value is -4.53. The summed E-state index contributed by atoms with van der Waals surface area (Å²) in [6.45, 7) is 2.95. The summed E-state index contributed by atoms with van der Waals surface area (Å²) < 4.78 is 69.8. The van der Waals surface area contributed by atoms with E-state index in [0.29, 0.717) is 36.3 Å². The standard InChI is InChI=1S/C35H36F2N2O8S/c1-4-47-20-22-17-30(45-2)32(31(18-22)46-3)23-14-12-21(13-15-23)16-27(35(41)42)38-34(40)29-19-24-8-5-6-11-28(24)39(29)48(43,44)33-25(36)9-7-10-26(33)37/h5-15,17,19,27,31,43-44H,4,16,18,20H2,1-3H3,(H,38,40)(H,41,42). The molecule has 13 heteroatoms. The van der Waals surface area contributed by atoms with Gasteiger partial charge in [0, 0.05) is 37.5 Å². The fourth-order valence-corrected chi connectivity index (χ4v) is 7.43. The van der Waals surface area contributed by atoms with Crippen LogP contribution in [0.4, 0.5) is 8.78 Å². The normalized spacial score (nSPS) is 16.1. The number of aromatic nitrogens is 1. The highest BCUT2D eigenvalue weighted by Crippen LogP contribution is 2.54. The van der Waals surface area contributed by atoms with E-state index in [1.807, 2.05) is 25.1 Å². The predicted molar refractivity (Wildman–Crippen MR) is 178 cm³/mol. The van der Waals surface area contributed by atoms with Crippen LogP contribution in [0.2, 0.25) is 0 Å². The molecule has 0 fully saturated rings. The number of methoxy groups -OCH3 is 2. The van der Waals surface area contributed by atoms with E-state index in [4.69, 9.17) is 14.2 Å². The van der Waals surface area contributed by atoms with Crippen LogP contribution in [0.25, 0.3) is 16.5 Å². The van der Waals surface area contributed by atoms with Gasteiger partial charge in [-0.2, -0.15) is 0 Å². The predicted octanol–water partition coefficient (Wildman–Crippen LogP) is 6.66. The third-order valence-electron chi connectivity index (χ3n) is 8.02. The number of hydrogen-bond acceptors (Lipinski definition) is 7. The van der Waals surface area contributed by atoms with E-state index >= 15 is 0 Å². The fourth-order valence-electron chi connectivity index (χ4n) is 5.74. The van der Waals surface area contributed by atoms with Gasteiger partial charge in [-0.15, -0.1) is 0 Å². The molecular weight excluding hydrogens is 646 g/mol. The molecule has 0 radical (unpaired) electrons. The quantitative estimate of drug-likeness (QED) is 0.123. The van der Waals surface area contributed by atoms with Crippen molar-refractivity contribution in [3.8, 4) is 0 Å². The van der Waals surface area contributed by atoms with Gasteiger partial charge in [0.05, 0.1) is 25.3 Å². The number of nitrogens with zero attached hydrogens (tertiary/aromatic N) is 1. The number of amides is 1. The molecular formula is C35H36F2N2O8S. The molecule has 1 aliphatic rings. The highest BCUT2D eigenvalue weighted by molar-refractivity contribution is 8.23. The number of allylic oxidation sites excluding steroid dienone is 1. The molecule has 1 aromatic heterocycles. The van der Waals surface area contributed by atoms with E-state index in [1.165, 1.54) is 12.1 Å². The van der Waals surface area contributed by atoms with E-state index in [2.05, 4.69) is 5.32 Å². The fraction of sp³-hybridized carbons (Fsp3) is 0.257. The lowest BCUT2D eigenvalue weighted by molar-refractivity contribution is -0.139. The number of benzene rings is 3. The summed E-state index contributed by atoms with van der Waals surface area (Å²) in [4.78, 5) is 25.0. The summed E-state index contributed by atoms with van der Waals surface area (Å²) in [5.74, 6) is -4.13. The Morgan fingerprint density at radius 2 is 1.71 bits per heavy atom. The molecule has 4 N–H and O–H groups in total. The van der Waals surface area contributed by atoms with Gasteiger partial charge in [0.15, 0.2) is 16.5 Å². The average molecular weight is 683 g/mol. The van der Waals surface area contributed by atoms with Crippen LogP contribution in [0, 0.1) is 11.6 Å². The zero-order valence-electron chi connectivity index (χ0n) is 26.5. The number of nitrogens with one attached hydrogen (secondary N) is 1. The van der Waals surface area contributed by atoms with Gasteiger partial charge in [0.25, 0.3) is 5.91 Å². The van der Waals surface area contributed by atoms with Crippen LogP contribution < -0.4 is 5.32 Å². The Morgan fingerprint density at radius 3 is 2.33 bits per heavy atom. The molecule has 2 unspecified atom stereocenters. The molecule has 4 aromatic rings. The van der Waals surface area contributed by atoms with Gasteiger partial charge in [0.2, 0.25) is 0 Å². The van der Waals surface area contributed by atoms with Crippen LogP contribution in [0.15, 0.2) is 95.1 Å². The number of carbonyl (C=O) groups excluding carboxylic acids is 1. The van der Waals surface area contributed by atoms with Gasteiger partial charge in [-0.1, -0.05) is 59.3 Å². The molecule has 254 valence electrons. The number of para-hydroxylation sites is 1. The number of rotatable bonds is 13. The summed E-state index contributed by atoms with van der Waals surface area (Å²) in [6, 6.07) is 16.0. The minimum atomic E-state index is -4.49. The molecule has 10 nitrogen and oxygen atoms in total. The molecule has 3 aromatic carbocycles. The smallest absolute Gasteiger partial charge is 0.326 e. The van der Waals surface area contributed by atoms with Crippen LogP contribution in [-0.2, 0) is 25.4 Å². The lowest BCUT2D eigenvalue weighted by Crippen LogP contribution is -2.43. The van der Waals surface area contributed by atoms with Crippen molar-refractivity contribution in [1.82, 2.24) is 9.29 Å². The Labute approximate surface area is 277 Å². The highest BCUT2D eigenvalue weighted by Gasteiger charge is 2.33. The Kier molecular flexibility index (Phi) is 10.7. The number of carbonyl (C=O) groups is 2. The average Bonchev–Trinajstić information content (AvgIpc) is 3.47. The van der Waals surface area contributed by atoms with Gasteiger partial charge >= 0.3 is 5.97 Å². The zero-order valence-corrected chi connectivity index (χ0v) is 27.3. The topological polar surface area (TPSA) is 139 Å². The number of hydrogen-bond donors (Lipinski definition) is 4. The van der Waals surface area contributed by atoms with Crippen molar-refractivity contribution in [3.05, 3.63) is 119 Å². The molecule has 48 heavy (non-hydrogen) atoms. The first kappa shape index (κ1) is 34.8. The molecule has 1 aliphatic carbocycles. The van der Waals surface area contributed by atoms with Gasteiger partial charge in [0.1, 0.15) is 17.5 Å². The second-order valence-electron chi connectivity index (χ2n) is 11.1. The summed E-state index contributed by atoms with van der Waals surface area (Å²) >= 11 is 0. The maximum Gasteiger partial charge on any atom is 0.326 e. The summed E-state index contributed by atoms with van der Waals surface area (Å²) in [5, 5.41) is 12.9. The second kappa shape index (κ2) is 14.7. The molecule has 1 heterocycles. The van der Waals surface area contributed by atoms with Crippen molar-refractivity contribution < 1.29 is 46.8 Å². The monoisotopic (exact) mass is 682 g/mol. The first-order chi connectivity index (χ1) is 23.0. The number of carboxylic acids is 1. The minimum Gasteiger partial charge on any atom is -0.496 e. The molecule has 2 atom stereocenters. The summed E-state index contributed by atoms with van der Waals surface area (Å²) in [5.41, 5.74) is 2.96. The van der Waals surface area contributed by atoms with E-state index in [-0.39, 0.29) is 23.7 Å². The van der Waals surface area contributed by atoms with Crippen molar-refractivity contribution >= 4 is 39.1 Å². The maximum atomic E-state index is 14.8. The first-order valence-corrected chi connectivity index (χ1v) is 16.5. The number of carboxylic acid groups (broad SMARTS) is 1. The molecule has 0 saturated carbocycles. The Balaban J connectivity index is 1.43. The van der Waals surface area contributed by atoms with Crippen LogP contribution in [-0.4, -0.2) is 69.6 Å². The lowest BCUT2D eigenvalue weighted by atomic mass is 9.88. The number of aliphatic carboxylic acids is 1. The summed E-state index contributed by atoms with van der Waals surface area (Å²) in [7, 11) is -1.30.